The Hall–Kier alpha value is -3.71. The number of methoxy groups -OCH3 is 1. The Morgan fingerprint density at radius 3 is 2.59 bits per heavy atom. The summed E-state index contributed by atoms with van der Waals surface area (Å²) < 4.78 is 19.2. The maximum Gasteiger partial charge on any atom is 0.332 e. The molecule has 0 saturated heterocycles. The van der Waals surface area contributed by atoms with Crippen LogP contribution < -0.4 is 25.8 Å². The first-order chi connectivity index (χ1) is 13.8. The monoisotopic (exact) mass is 414 g/mol. The van der Waals surface area contributed by atoms with Crippen LogP contribution in [0.25, 0.3) is 17.5 Å². The van der Waals surface area contributed by atoms with Crippen molar-refractivity contribution in [3.63, 3.8) is 0 Å². The van der Waals surface area contributed by atoms with Crippen LogP contribution in [0.3, 0.4) is 0 Å². The van der Waals surface area contributed by atoms with Crippen LogP contribution >= 0.6 is 11.3 Å². The maximum atomic E-state index is 13.4. The minimum absolute atomic E-state index is 0.00625. The predicted octanol–water partition coefficient (Wildman–Crippen LogP) is -0.653. The number of nitrogens with zero attached hydrogens (tertiary/aromatic N) is 2. The SMILES string of the molecule is CNC(=O)C1=c2s/c(=C\C(=O)OC)c(=O)n2C(N)=C(C#N)C1c1ccc(F)cc1. The van der Waals surface area contributed by atoms with Gasteiger partial charge in [-0.25, -0.2) is 9.18 Å². The standard InChI is InChI=1S/C19H15FN4O4S/c1-23-17(26)15-14(9-3-5-10(20)6-4-9)11(8-21)16(22)24-18(27)12(29-19(15)24)7-13(25)28-2/h3-7,14H,22H2,1-2H3,(H,23,26)/b12-7-. The van der Waals surface area contributed by atoms with Gasteiger partial charge in [-0.15, -0.1) is 11.3 Å². The van der Waals surface area contributed by atoms with Crippen LogP contribution in [0.1, 0.15) is 11.5 Å². The van der Waals surface area contributed by atoms with Crippen molar-refractivity contribution in [2.75, 3.05) is 14.2 Å². The molecule has 0 bridgehead atoms. The van der Waals surface area contributed by atoms with E-state index >= 15 is 0 Å². The van der Waals surface area contributed by atoms with Gasteiger partial charge in [-0.1, -0.05) is 12.1 Å². The molecular weight excluding hydrogens is 399 g/mol. The molecule has 1 aliphatic heterocycles. The van der Waals surface area contributed by atoms with E-state index in [1.165, 1.54) is 38.4 Å². The second kappa shape index (κ2) is 7.73. The van der Waals surface area contributed by atoms with Crippen LogP contribution in [0.15, 0.2) is 34.6 Å². The van der Waals surface area contributed by atoms with Crippen molar-refractivity contribution in [1.29, 1.82) is 5.26 Å². The van der Waals surface area contributed by atoms with Gasteiger partial charge in [-0.3, -0.25) is 14.2 Å². The van der Waals surface area contributed by atoms with E-state index < -0.39 is 29.2 Å². The Bertz CT molecular complexity index is 1270. The average molecular weight is 414 g/mol. The Kier molecular flexibility index (Phi) is 5.34. The second-order valence-corrected chi connectivity index (χ2v) is 7.00. The molecule has 3 rings (SSSR count). The summed E-state index contributed by atoms with van der Waals surface area (Å²) >= 11 is 0.874. The average Bonchev–Trinajstić information content (AvgIpc) is 3.03. The molecule has 1 aliphatic rings. The number of fused-ring (bicyclic) bond motifs is 1. The lowest BCUT2D eigenvalue weighted by atomic mass is 9.83. The molecule has 1 unspecified atom stereocenters. The summed E-state index contributed by atoms with van der Waals surface area (Å²) in [5.74, 6) is -2.84. The number of allylic oxidation sites excluding steroid dienone is 1. The van der Waals surface area contributed by atoms with E-state index in [9.17, 15) is 24.0 Å². The number of benzene rings is 1. The number of aromatic nitrogens is 1. The first-order valence-corrected chi connectivity index (χ1v) is 9.09. The molecule has 0 radical (unpaired) electrons. The van der Waals surface area contributed by atoms with E-state index in [1.807, 2.05) is 6.07 Å². The van der Waals surface area contributed by atoms with Crippen LogP contribution in [-0.4, -0.2) is 30.6 Å². The van der Waals surface area contributed by atoms with E-state index in [-0.39, 0.29) is 26.2 Å². The number of carbonyl (C=O) groups is 2. The van der Waals surface area contributed by atoms with Crippen LogP contribution in [0.2, 0.25) is 0 Å². The fourth-order valence-corrected chi connectivity index (χ4v) is 4.19. The largest absolute Gasteiger partial charge is 0.466 e. The topological polar surface area (TPSA) is 127 Å². The first-order valence-electron chi connectivity index (χ1n) is 8.27. The molecule has 2 aromatic rings. The van der Waals surface area contributed by atoms with E-state index in [1.54, 1.807) is 0 Å². The van der Waals surface area contributed by atoms with Gasteiger partial charge in [-0.2, -0.15) is 5.26 Å². The fraction of sp³-hybridized carbons (Fsp3) is 0.158. The number of carbonyl (C=O) groups excluding carboxylic acids is 2. The van der Waals surface area contributed by atoms with Gasteiger partial charge in [0.05, 0.1) is 30.2 Å². The molecule has 1 amide bonds. The van der Waals surface area contributed by atoms with E-state index in [0.717, 1.165) is 22.0 Å². The zero-order chi connectivity index (χ0) is 21.3. The number of thiazole rings is 1. The first kappa shape index (κ1) is 20.0. The second-order valence-electron chi connectivity index (χ2n) is 5.97. The van der Waals surface area contributed by atoms with Gasteiger partial charge in [0.25, 0.3) is 11.5 Å². The van der Waals surface area contributed by atoms with Gasteiger partial charge in [0.1, 0.15) is 20.8 Å². The Morgan fingerprint density at radius 1 is 1.38 bits per heavy atom. The lowest BCUT2D eigenvalue weighted by molar-refractivity contribution is -0.133. The number of esters is 1. The normalized spacial score (nSPS) is 16.3. The summed E-state index contributed by atoms with van der Waals surface area (Å²) in [4.78, 5) is 37.1. The number of nitriles is 1. The van der Waals surface area contributed by atoms with Crippen molar-refractivity contribution in [1.82, 2.24) is 9.88 Å². The van der Waals surface area contributed by atoms with Crippen molar-refractivity contribution in [2.45, 2.75) is 5.92 Å². The Morgan fingerprint density at radius 2 is 2.03 bits per heavy atom. The zero-order valence-electron chi connectivity index (χ0n) is 15.4. The highest BCUT2D eigenvalue weighted by atomic mass is 32.1. The molecular formula is C19H15FN4O4S. The number of ether oxygens (including phenoxy) is 1. The lowest BCUT2D eigenvalue weighted by Crippen LogP contribution is -2.41. The minimum Gasteiger partial charge on any atom is -0.466 e. The van der Waals surface area contributed by atoms with Crippen molar-refractivity contribution < 1.29 is 18.7 Å². The number of amides is 1. The number of halogens is 1. The van der Waals surface area contributed by atoms with Crippen LogP contribution in [0.5, 0.6) is 0 Å². The molecule has 10 heteroatoms. The van der Waals surface area contributed by atoms with Crippen LogP contribution in [-0.2, 0) is 14.3 Å². The van der Waals surface area contributed by atoms with Crippen molar-refractivity contribution in [2.24, 2.45) is 5.73 Å². The molecule has 0 spiro atoms. The highest BCUT2D eigenvalue weighted by Crippen LogP contribution is 2.35. The van der Waals surface area contributed by atoms with E-state index in [4.69, 9.17) is 5.73 Å². The highest BCUT2D eigenvalue weighted by molar-refractivity contribution is 7.07. The number of hydrogen-bond donors (Lipinski definition) is 2. The molecule has 148 valence electrons. The summed E-state index contributed by atoms with van der Waals surface area (Å²) in [6, 6.07) is 7.25. The molecule has 0 fully saturated rings. The smallest absolute Gasteiger partial charge is 0.332 e. The van der Waals surface area contributed by atoms with Crippen LogP contribution in [0, 0.1) is 17.1 Å². The highest BCUT2D eigenvalue weighted by Gasteiger charge is 2.35. The minimum atomic E-state index is -0.912. The van der Waals surface area contributed by atoms with Crippen molar-refractivity contribution >= 4 is 40.7 Å². The molecule has 1 atom stereocenters. The van der Waals surface area contributed by atoms with Gasteiger partial charge in [0.2, 0.25) is 0 Å². The molecule has 8 nitrogen and oxygen atoms in total. The third kappa shape index (κ3) is 3.32. The molecule has 1 aromatic heterocycles. The molecule has 3 N–H and O–H groups in total. The quantitative estimate of drug-likeness (QED) is 0.643. The summed E-state index contributed by atoms with van der Waals surface area (Å²) in [5.41, 5.74) is 5.98. The molecule has 29 heavy (non-hydrogen) atoms. The Labute approximate surface area is 167 Å². The third-order valence-electron chi connectivity index (χ3n) is 4.39. The third-order valence-corrected chi connectivity index (χ3v) is 5.50. The van der Waals surface area contributed by atoms with E-state index in [2.05, 4.69) is 10.1 Å². The number of nitrogens with one attached hydrogen (secondary N) is 1. The molecule has 0 aliphatic carbocycles. The maximum absolute atomic E-state index is 13.4. The summed E-state index contributed by atoms with van der Waals surface area (Å²) in [6.45, 7) is 0. The van der Waals surface area contributed by atoms with Gasteiger partial charge in [-0.05, 0) is 17.7 Å². The molecule has 1 aromatic carbocycles. The molecule has 0 saturated carbocycles. The summed E-state index contributed by atoms with van der Waals surface area (Å²) in [5, 5.41) is 12.2. The summed E-state index contributed by atoms with van der Waals surface area (Å²) in [6.07, 6.45) is 0.992. The summed E-state index contributed by atoms with van der Waals surface area (Å²) in [7, 11) is 2.57. The van der Waals surface area contributed by atoms with E-state index in [0.29, 0.717) is 5.56 Å². The Balaban J connectivity index is 2.48. The van der Waals surface area contributed by atoms with Gasteiger partial charge in [0.15, 0.2) is 0 Å². The fourth-order valence-electron chi connectivity index (χ4n) is 3.06. The zero-order valence-corrected chi connectivity index (χ0v) is 16.2. The molecule has 2 heterocycles. The number of rotatable bonds is 3. The van der Waals surface area contributed by atoms with Crippen molar-refractivity contribution in [3.8, 4) is 6.07 Å². The van der Waals surface area contributed by atoms with Crippen LogP contribution in [0.4, 0.5) is 4.39 Å². The predicted molar refractivity (Wildman–Crippen MR) is 104 cm³/mol. The van der Waals surface area contributed by atoms with Crippen molar-refractivity contribution in [3.05, 3.63) is 60.8 Å². The number of hydrogen-bond acceptors (Lipinski definition) is 7. The van der Waals surface area contributed by atoms with Gasteiger partial charge in [0, 0.05) is 13.1 Å². The lowest BCUT2D eigenvalue weighted by Gasteiger charge is -2.24. The van der Waals surface area contributed by atoms with Gasteiger partial charge >= 0.3 is 5.97 Å². The van der Waals surface area contributed by atoms with Gasteiger partial charge < -0.3 is 15.8 Å². The number of nitrogens with two attached hydrogens (primary N) is 1.